The fraction of sp³-hybridized carbons (Fsp3) is 0.717. The molecule has 1 N–H and O–H groups in total. The summed E-state index contributed by atoms with van der Waals surface area (Å²) >= 11 is 0. The van der Waals surface area contributed by atoms with Crippen molar-refractivity contribution in [2.45, 2.75) is 174 Å². The van der Waals surface area contributed by atoms with Crippen LogP contribution in [0.15, 0.2) is 60.8 Å². The van der Waals surface area contributed by atoms with Crippen molar-refractivity contribution < 1.29 is 38.2 Å². The van der Waals surface area contributed by atoms with Gasteiger partial charge in [0.25, 0.3) is 0 Å². The Kier molecular flexibility index (Phi) is 34.9. The van der Waals surface area contributed by atoms with Crippen LogP contribution >= 0.6 is 0 Å². The van der Waals surface area contributed by atoms with E-state index in [4.69, 9.17) is 14.2 Å². The lowest BCUT2D eigenvalue weighted by Crippen LogP contribution is -2.50. The highest BCUT2D eigenvalue weighted by molar-refractivity contribution is 5.72. The molecule has 0 bridgehead atoms. The monoisotopic (exact) mass is 759 g/mol. The van der Waals surface area contributed by atoms with Crippen molar-refractivity contribution in [3.63, 3.8) is 0 Å². The van der Waals surface area contributed by atoms with E-state index in [9.17, 15) is 19.5 Å². The minimum Gasteiger partial charge on any atom is -0.477 e. The standard InChI is InChI=1S/C46H79NO7/c1-6-8-10-12-14-16-18-20-21-22-23-25-27-29-31-33-35-37-45(49)54-42(40-52-39-38-43(46(50)51)47(3,4)5)41-53-44(48)36-34-32-30-28-26-24-19-17-15-13-11-9-7-2/h9,11,13,15,17,19,24,26,28,30,42-43H,6-8,10,12,14,16,18,20-23,25,27,29,31-41H2,1-5H3/p+1/b11-9+,15-13+,19-17+,26-24+,30-28+. The third-order valence-electron chi connectivity index (χ3n) is 9.31. The molecule has 8 heteroatoms. The van der Waals surface area contributed by atoms with Gasteiger partial charge >= 0.3 is 17.9 Å². The molecule has 0 aromatic carbocycles. The summed E-state index contributed by atoms with van der Waals surface area (Å²) in [4.78, 5) is 36.9. The number of ether oxygens (including phenoxy) is 3. The summed E-state index contributed by atoms with van der Waals surface area (Å²) in [6.07, 6.45) is 44.2. The number of carbonyl (C=O) groups excluding carboxylic acids is 2. The van der Waals surface area contributed by atoms with Gasteiger partial charge in [-0.2, -0.15) is 0 Å². The maximum atomic E-state index is 12.7. The molecule has 0 radical (unpaired) electrons. The number of esters is 2. The summed E-state index contributed by atoms with van der Waals surface area (Å²) in [7, 11) is 5.50. The van der Waals surface area contributed by atoms with Gasteiger partial charge < -0.3 is 23.8 Å². The maximum absolute atomic E-state index is 12.7. The number of hydrogen-bond donors (Lipinski definition) is 1. The first-order chi connectivity index (χ1) is 26.1. The van der Waals surface area contributed by atoms with Gasteiger partial charge in [0, 0.05) is 19.3 Å². The van der Waals surface area contributed by atoms with Crippen molar-refractivity contribution in [3.8, 4) is 0 Å². The highest BCUT2D eigenvalue weighted by atomic mass is 16.6. The average Bonchev–Trinajstić information content (AvgIpc) is 3.12. The van der Waals surface area contributed by atoms with E-state index in [0.717, 1.165) is 32.1 Å². The van der Waals surface area contributed by atoms with Gasteiger partial charge in [-0.15, -0.1) is 0 Å². The first kappa shape index (κ1) is 51.0. The second-order valence-electron chi connectivity index (χ2n) is 15.3. The fourth-order valence-electron chi connectivity index (χ4n) is 6.00. The number of nitrogens with zero attached hydrogens (tertiary/aromatic N) is 1. The topological polar surface area (TPSA) is 99.1 Å². The van der Waals surface area contributed by atoms with Crippen LogP contribution in [0.2, 0.25) is 0 Å². The number of quaternary nitrogens is 1. The second-order valence-corrected chi connectivity index (χ2v) is 15.3. The van der Waals surface area contributed by atoms with E-state index in [0.29, 0.717) is 19.3 Å². The van der Waals surface area contributed by atoms with Gasteiger partial charge in [-0.3, -0.25) is 9.59 Å². The zero-order valence-corrected chi connectivity index (χ0v) is 35.2. The number of carboxylic acid groups (broad SMARTS) is 1. The van der Waals surface area contributed by atoms with E-state index in [2.05, 4.69) is 19.9 Å². The molecule has 8 nitrogen and oxygen atoms in total. The molecule has 0 rings (SSSR count). The Morgan fingerprint density at radius 1 is 0.574 bits per heavy atom. The Hall–Kier alpha value is -2.97. The van der Waals surface area contributed by atoms with Crippen LogP contribution in [-0.4, -0.2) is 80.6 Å². The zero-order valence-electron chi connectivity index (χ0n) is 35.2. The van der Waals surface area contributed by atoms with Gasteiger partial charge in [-0.05, 0) is 25.7 Å². The van der Waals surface area contributed by atoms with E-state index < -0.39 is 18.1 Å². The Labute approximate surface area is 330 Å². The summed E-state index contributed by atoms with van der Waals surface area (Å²) in [6.45, 7) is 4.51. The maximum Gasteiger partial charge on any atom is 0.362 e. The molecule has 0 aromatic heterocycles. The van der Waals surface area contributed by atoms with Crippen LogP contribution in [0.4, 0.5) is 0 Å². The van der Waals surface area contributed by atoms with E-state index in [1.807, 2.05) is 75.8 Å². The zero-order chi connectivity index (χ0) is 40.0. The summed E-state index contributed by atoms with van der Waals surface area (Å²) in [5, 5.41) is 9.60. The van der Waals surface area contributed by atoms with E-state index in [1.165, 1.54) is 89.9 Å². The normalized spacial score (nSPS) is 13.6. The second kappa shape index (κ2) is 37.0. The van der Waals surface area contributed by atoms with Crippen molar-refractivity contribution in [2.75, 3.05) is 41.0 Å². The van der Waals surface area contributed by atoms with Crippen molar-refractivity contribution in [1.82, 2.24) is 0 Å². The fourth-order valence-corrected chi connectivity index (χ4v) is 6.00. The molecule has 54 heavy (non-hydrogen) atoms. The van der Waals surface area contributed by atoms with Crippen molar-refractivity contribution >= 4 is 17.9 Å². The Balaban J connectivity index is 4.43. The summed E-state index contributed by atoms with van der Waals surface area (Å²) in [5.74, 6) is -1.56. The average molecular weight is 759 g/mol. The molecule has 0 aromatic rings. The SMILES string of the molecule is CC/C=C/C=C/C=C/C=C/C=C/CCCC(=O)OCC(COCCC(C(=O)O)[N+](C)(C)C)OC(=O)CCCCCCCCCCCCCCCCCCC. The molecular formula is C46H80NO7+. The highest BCUT2D eigenvalue weighted by Gasteiger charge is 2.31. The Morgan fingerprint density at radius 2 is 1.04 bits per heavy atom. The third kappa shape index (κ3) is 34.8. The van der Waals surface area contributed by atoms with Crippen LogP contribution in [0.1, 0.15) is 162 Å². The number of carboxylic acids is 1. The molecule has 0 fully saturated rings. The predicted molar refractivity (Wildman–Crippen MR) is 224 cm³/mol. The largest absolute Gasteiger partial charge is 0.477 e. The lowest BCUT2D eigenvalue weighted by atomic mass is 10.0. The van der Waals surface area contributed by atoms with Gasteiger partial charge in [0.1, 0.15) is 6.61 Å². The van der Waals surface area contributed by atoms with Crippen LogP contribution < -0.4 is 0 Å². The van der Waals surface area contributed by atoms with Crippen LogP contribution in [0, 0.1) is 0 Å². The van der Waals surface area contributed by atoms with Crippen molar-refractivity contribution in [1.29, 1.82) is 0 Å². The number of hydrogen-bond acceptors (Lipinski definition) is 6. The van der Waals surface area contributed by atoms with Gasteiger partial charge in [0.05, 0.1) is 34.4 Å². The quantitative estimate of drug-likeness (QED) is 0.0291. The molecule has 310 valence electrons. The van der Waals surface area contributed by atoms with E-state index in [1.54, 1.807) is 0 Å². The summed E-state index contributed by atoms with van der Waals surface area (Å²) < 4.78 is 17.2. The minimum atomic E-state index is -0.886. The number of aliphatic carboxylic acids is 1. The first-order valence-corrected chi connectivity index (χ1v) is 21.4. The molecule has 2 atom stereocenters. The van der Waals surface area contributed by atoms with Crippen LogP contribution in [0.3, 0.4) is 0 Å². The summed E-state index contributed by atoms with van der Waals surface area (Å²) in [6, 6.07) is -0.625. The lowest BCUT2D eigenvalue weighted by molar-refractivity contribution is -0.887. The number of allylic oxidation sites excluding steroid dienone is 10. The predicted octanol–water partition coefficient (Wildman–Crippen LogP) is 11.4. The van der Waals surface area contributed by atoms with Gasteiger partial charge in [-0.25, -0.2) is 4.79 Å². The molecule has 0 aliphatic rings. The van der Waals surface area contributed by atoms with Gasteiger partial charge in [-0.1, -0.05) is 177 Å². The number of rotatable bonds is 37. The Bertz CT molecular complexity index is 1070. The molecule has 0 spiro atoms. The molecule has 0 saturated carbocycles. The van der Waals surface area contributed by atoms with Crippen LogP contribution in [0.5, 0.6) is 0 Å². The van der Waals surface area contributed by atoms with E-state index >= 15 is 0 Å². The number of likely N-dealkylation sites (N-methyl/N-ethyl adjacent to an activating group) is 1. The molecule has 0 aliphatic carbocycles. The number of unbranched alkanes of at least 4 members (excludes halogenated alkanes) is 17. The third-order valence-corrected chi connectivity index (χ3v) is 9.31. The van der Waals surface area contributed by atoms with Crippen molar-refractivity contribution in [2.24, 2.45) is 0 Å². The molecule has 0 saturated heterocycles. The molecule has 0 amide bonds. The van der Waals surface area contributed by atoms with Gasteiger partial charge in [0.15, 0.2) is 12.1 Å². The highest BCUT2D eigenvalue weighted by Crippen LogP contribution is 2.15. The summed E-state index contributed by atoms with van der Waals surface area (Å²) in [5.41, 5.74) is 0. The Morgan fingerprint density at radius 3 is 1.52 bits per heavy atom. The van der Waals surface area contributed by atoms with Crippen LogP contribution in [0.25, 0.3) is 0 Å². The van der Waals surface area contributed by atoms with Gasteiger partial charge in [0.2, 0.25) is 0 Å². The molecule has 0 heterocycles. The first-order valence-electron chi connectivity index (χ1n) is 21.4. The van der Waals surface area contributed by atoms with Crippen molar-refractivity contribution in [3.05, 3.63) is 60.8 Å². The smallest absolute Gasteiger partial charge is 0.362 e. The van der Waals surface area contributed by atoms with Crippen LogP contribution in [-0.2, 0) is 28.6 Å². The molecule has 2 unspecified atom stereocenters. The molecular weight excluding hydrogens is 679 g/mol. The number of carbonyl (C=O) groups is 3. The molecule has 0 aliphatic heterocycles. The van der Waals surface area contributed by atoms with E-state index in [-0.39, 0.29) is 42.7 Å². The lowest BCUT2D eigenvalue weighted by Gasteiger charge is -2.31. The minimum absolute atomic E-state index is 0.0380.